The Kier molecular flexibility index (Phi) is 5.67. The number of nitrogens with zero attached hydrogens (tertiary/aromatic N) is 2. The Balaban J connectivity index is 1.37. The van der Waals surface area contributed by atoms with Gasteiger partial charge in [-0.25, -0.2) is 0 Å². The molecule has 2 heterocycles. The largest absolute Gasteiger partial charge is 0.369 e. The zero-order chi connectivity index (χ0) is 19.5. The first kappa shape index (κ1) is 19.0. The van der Waals surface area contributed by atoms with E-state index in [0.717, 1.165) is 57.7 Å². The number of fused-ring (bicyclic) bond motifs is 1. The zero-order valence-corrected chi connectivity index (χ0v) is 17.1. The van der Waals surface area contributed by atoms with Crippen LogP contribution < -0.4 is 10.2 Å². The summed E-state index contributed by atoms with van der Waals surface area (Å²) in [5, 5.41) is 2.98. The Bertz CT molecular complexity index is 853. The zero-order valence-electron chi connectivity index (χ0n) is 17.1. The van der Waals surface area contributed by atoms with Crippen LogP contribution in [0.15, 0.2) is 36.4 Å². The van der Waals surface area contributed by atoms with Crippen LogP contribution in [0.2, 0.25) is 0 Å². The number of rotatable bonds is 5. The highest BCUT2D eigenvalue weighted by atomic mass is 16.1. The van der Waals surface area contributed by atoms with Gasteiger partial charge in [-0.3, -0.25) is 9.69 Å². The van der Waals surface area contributed by atoms with Crippen LogP contribution >= 0.6 is 0 Å². The van der Waals surface area contributed by atoms with Crippen LogP contribution in [0.25, 0.3) is 0 Å². The number of carbonyl (C=O) groups is 1. The maximum absolute atomic E-state index is 11.5. The van der Waals surface area contributed by atoms with Crippen molar-refractivity contribution >= 4 is 17.3 Å². The maximum atomic E-state index is 11.5. The van der Waals surface area contributed by atoms with E-state index in [2.05, 4.69) is 65.4 Å². The van der Waals surface area contributed by atoms with E-state index >= 15 is 0 Å². The maximum Gasteiger partial charge on any atom is 0.224 e. The lowest BCUT2D eigenvalue weighted by Crippen LogP contribution is -2.46. The summed E-state index contributed by atoms with van der Waals surface area (Å²) in [7, 11) is 0. The highest BCUT2D eigenvalue weighted by Crippen LogP contribution is 2.28. The highest BCUT2D eigenvalue weighted by Gasteiger charge is 2.20. The molecule has 1 N–H and O–H groups in total. The summed E-state index contributed by atoms with van der Waals surface area (Å²) in [6.07, 6.45) is 3.68. The third-order valence-corrected chi connectivity index (χ3v) is 6.16. The number of carbonyl (C=O) groups excluding carboxylic acids is 1. The summed E-state index contributed by atoms with van der Waals surface area (Å²) in [4.78, 5) is 16.6. The molecule has 2 aromatic rings. The van der Waals surface area contributed by atoms with Crippen LogP contribution in [0.5, 0.6) is 0 Å². The summed E-state index contributed by atoms with van der Waals surface area (Å²) < 4.78 is 0. The molecule has 0 spiro atoms. The van der Waals surface area contributed by atoms with Gasteiger partial charge in [-0.15, -0.1) is 0 Å². The van der Waals surface area contributed by atoms with Crippen LogP contribution in [0.3, 0.4) is 0 Å². The van der Waals surface area contributed by atoms with Crippen molar-refractivity contribution in [1.82, 2.24) is 4.90 Å². The van der Waals surface area contributed by atoms with Crippen molar-refractivity contribution in [2.75, 3.05) is 36.4 Å². The average molecular weight is 378 g/mol. The van der Waals surface area contributed by atoms with Crippen LogP contribution in [-0.4, -0.2) is 37.0 Å². The first-order chi connectivity index (χ1) is 13.7. The van der Waals surface area contributed by atoms with Crippen molar-refractivity contribution in [1.29, 1.82) is 0 Å². The number of piperazine rings is 1. The second kappa shape index (κ2) is 8.36. The third-order valence-electron chi connectivity index (χ3n) is 6.16. The van der Waals surface area contributed by atoms with Crippen LogP contribution in [0, 0.1) is 0 Å². The average Bonchev–Trinajstić information content (AvgIpc) is 2.74. The standard InChI is InChI=1S/C24H31N3O/c1-3-19-6-5-18(15-20(19)4-2)17-26-11-13-27(14-12-26)22-8-9-23-21(16-22)7-10-24(28)25-23/h5-6,8-9,15-16H,3-4,7,10-14,17H2,1-2H3,(H,25,28). The van der Waals surface area contributed by atoms with Gasteiger partial charge >= 0.3 is 0 Å². The summed E-state index contributed by atoms with van der Waals surface area (Å²) in [6, 6.07) is 13.5. The molecule has 0 aliphatic carbocycles. The fourth-order valence-corrected chi connectivity index (χ4v) is 4.44. The quantitative estimate of drug-likeness (QED) is 0.855. The minimum absolute atomic E-state index is 0.132. The third kappa shape index (κ3) is 4.07. The van der Waals surface area contributed by atoms with Crippen LogP contribution in [-0.2, 0) is 30.6 Å². The van der Waals surface area contributed by atoms with Gasteiger partial charge in [0.15, 0.2) is 0 Å². The second-order valence-electron chi connectivity index (χ2n) is 7.96. The highest BCUT2D eigenvalue weighted by molar-refractivity contribution is 5.94. The molecule has 148 valence electrons. The molecule has 1 saturated heterocycles. The SMILES string of the molecule is CCc1ccc(CN2CCN(c3ccc4c(c3)CCC(=O)N4)CC2)cc1CC. The van der Waals surface area contributed by atoms with Crippen molar-refractivity contribution in [3.8, 4) is 0 Å². The number of hydrogen-bond donors (Lipinski definition) is 1. The van der Waals surface area contributed by atoms with Gasteiger partial charge in [0.05, 0.1) is 0 Å². The molecular formula is C24H31N3O. The molecule has 1 fully saturated rings. The summed E-state index contributed by atoms with van der Waals surface area (Å²) in [5.41, 5.74) is 7.96. The second-order valence-corrected chi connectivity index (χ2v) is 7.96. The van der Waals surface area contributed by atoms with Gasteiger partial charge in [-0.05, 0) is 59.7 Å². The fraction of sp³-hybridized carbons (Fsp3) is 0.458. The number of amides is 1. The number of hydrogen-bond acceptors (Lipinski definition) is 3. The summed E-state index contributed by atoms with van der Waals surface area (Å²) in [6.45, 7) is 9.82. The molecule has 1 amide bonds. The molecule has 4 nitrogen and oxygen atoms in total. The van der Waals surface area contributed by atoms with Crippen molar-refractivity contribution in [2.24, 2.45) is 0 Å². The number of benzene rings is 2. The minimum atomic E-state index is 0.132. The summed E-state index contributed by atoms with van der Waals surface area (Å²) >= 11 is 0. The summed E-state index contributed by atoms with van der Waals surface area (Å²) in [5.74, 6) is 0.132. The normalized spacial score (nSPS) is 17.4. The molecular weight excluding hydrogens is 346 g/mol. The van der Waals surface area contributed by atoms with E-state index in [9.17, 15) is 4.79 Å². The first-order valence-electron chi connectivity index (χ1n) is 10.7. The molecule has 0 bridgehead atoms. The molecule has 2 aromatic carbocycles. The van der Waals surface area contributed by atoms with Gasteiger partial charge in [0.2, 0.25) is 5.91 Å². The smallest absolute Gasteiger partial charge is 0.224 e. The number of anilines is 2. The van der Waals surface area contributed by atoms with Gasteiger partial charge < -0.3 is 10.2 Å². The van der Waals surface area contributed by atoms with Gasteiger partial charge in [0, 0.05) is 50.5 Å². The van der Waals surface area contributed by atoms with E-state index in [0.29, 0.717) is 6.42 Å². The molecule has 28 heavy (non-hydrogen) atoms. The van der Waals surface area contributed by atoms with Crippen LogP contribution in [0.1, 0.15) is 42.5 Å². The predicted molar refractivity (Wildman–Crippen MR) is 116 cm³/mol. The van der Waals surface area contributed by atoms with Crippen LogP contribution in [0.4, 0.5) is 11.4 Å². The van der Waals surface area contributed by atoms with Crippen molar-refractivity contribution in [2.45, 2.75) is 46.1 Å². The Morgan fingerprint density at radius 2 is 1.68 bits per heavy atom. The Labute approximate surface area is 168 Å². The molecule has 0 saturated carbocycles. The fourth-order valence-electron chi connectivity index (χ4n) is 4.44. The van der Waals surface area contributed by atoms with Crippen molar-refractivity contribution in [3.63, 3.8) is 0 Å². The molecule has 4 heteroatoms. The molecule has 2 aliphatic rings. The Morgan fingerprint density at radius 1 is 0.893 bits per heavy atom. The van der Waals surface area contributed by atoms with Crippen molar-refractivity contribution < 1.29 is 4.79 Å². The van der Waals surface area contributed by atoms with E-state index in [1.165, 1.54) is 27.9 Å². The van der Waals surface area contributed by atoms with E-state index in [4.69, 9.17) is 0 Å². The molecule has 4 rings (SSSR count). The van der Waals surface area contributed by atoms with Crippen molar-refractivity contribution in [3.05, 3.63) is 58.7 Å². The molecule has 0 radical (unpaired) electrons. The lowest BCUT2D eigenvalue weighted by atomic mass is 9.99. The Hall–Kier alpha value is -2.33. The lowest BCUT2D eigenvalue weighted by molar-refractivity contribution is -0.116. The lowest BCUT2D eigenvalue weighted by Gasteiger charge is -2.36. The predicted octanol–water partition coefficient (Wildman–Crippen LogP) is 4.02. The molecule has 0 aromatic heterocycles. The monoisotopic (exact) mass is 377 g/mol. The van der Waals surface area contributed by atoms with Gasteiger partial charge in [-0.1, -0.05) is 32.0 Å². The Morgan fingerprint density at radius 3 is 2.43 bits per heavy atom. The molecule has 2 aliphatic heterocycles. The van der Waals surface area contributed by atoms with Gasteiger partial charge in [-0.2, -0.15) is 0 Å². The number of nitrogens with one attached hydrogen (secondary N) is 1. The van der Waals surface area contributed by atoms with E-state index in [1.54, 1.807) is 0 Å². The van der Waals surface area contributed by atoms with E-state index in [-0.39, 0.29) is 5.91 Å². The topological polar surface area (TPSA) is 35.6 Å². The number of aryl methyl sites for hydroxylation is 3. The van der Waals surface area contributed by atoms with Gasteiger partial charge in [0.25, 0.3) is 0 Å². The minimum Gasteiger partial charge on any atom is -0.369 e. The van der Waals surface area contributed by atoms with E-state index < -0.39 is 0 Å². The van der Waals surface area contributed by atoms with E-state index in [1.807, 2.05) is 0 Å². The molecule has 0 unspecified atom stereocenters. The molecule has 0 atom stereocenters. The first-order valence-corrected chi connectivity index (χ1v) is 10.7. The van der Waals surface area contributed by atoms with Gasteiger partial charge in [0.1, 0.15) is 0 Å².